The standard InChI is InChI=1S/C21H21N3O/c25-21(24-20-11-5-8-15-6-1-3-9-18(15)20)22-14-17-13-12-16-7-2-4-10-19(16)23-17/h1-11,17,23H,12-14H2,(H2,22,24,25). The third-order valence-electron chi connectivity index (χ3n) is 4.69. The highest BCUT2D eigenvalue weighted by Gasteiger charge is 2.17. The molecule has 0 aliphatic carbocycles. The summed E-state index contributed by atoms with van der Waals surface area (Å²) in [5.74, 6) is 0. The van der Waals surface area contributed by atoms with E-state index in [9.17, 15) is 4.79 Å². The van der Waals surface area contributed by atoms with Gasteiger partial charge in [-0.05, 0) is 35.9 Å². The zero-order valence-corrected chi connectivity index (χ0v) is 14.0. The van der Waals surface area contributed by atoms with Gasteiger partial charge in [-0.2, -0.15) is 0 Å². The molecule has 126 valence electrons. The number of hydrogen-bond acceptors (Lipinski definition) is 2. The number of rotatable bonds is 3. The molecule has 0 radical (unpaired) electrons. The Kier molecular flexibility index (Phi) is 4.25. The van der Waals surface area contributed by atoms with E-state index >= 15 is 0 Å². The fraction of sp³-hybridized carbons (Fsp3) is 0.190. The van der Waals surface area contributed by atoms with Crippen LogP contribution >= 0.6 is 0 Å². The van der Waals surface area contributed by atoms with Gasteiger partial charge in [0.25, 0.3) is 0 Å². The fourth-order valence-electron chi connectivity index (χ4n) is 3.37. The first-order chi connectivity index (χ1) is 12.3. The molecule has 4 rings (SSSR count). The maximum Gasteiger partial charge on any atom is 0.319 e. The van der Waals surface area contributed by atoms with Gasteiger partial charge in [0.05, 0.1) is 5.69 Å². The van der Waals surface area contributed by atoms with Crippen molar-refractivity contribution in [2.75, 3.05) is 17.2 Å². The molecule has 0 aromatic heterocycles. The zero-order valence-electron chi connectivity index (χ0n) is 14.0. The van der Waals surface area contributed by atoms with Crippen molar-refractivity contribution in [3.05, 3.63) is 72.3 Å². The van der Waals surface area contributed by atoms with Gasteiger partial charge in [-0.15, -0.1) is 0 Å². The summed E-state index contributed by atoms with van der Waals surface area (Å²) in [4.78, 5) is 12.3. The number of amides is 2. The molecule has 2 amide bonds. The van der Waals surface area contributed by atoms with E-state index in [2.05, 4.69) is 34.1 Å². The summed E-state index contributed by atoms with van der Waals surface area (Å²) >= 11 is 0. The number of anilines is 2. The van der Waals surface area contributed by atoms with Crippen LogP contribution < -0.4 is 16.0 Å². The number of nitrogens with one attached hydrogen (secondary N) is 3. The Hall–Kier alpha value is -3.01. The largest absolute Gasteiger partial charge is 0.380 e. The Morgan fingerprint density at radius 1 is 1.00 bits per heavy atom. The first-order valence-corrected chi connectivity index (χ1v) is 8.67. The third-order valence-corrected chi connectivity index (χ3v) is 4.69. The topological polar surface area (TPSA) is 53.2 Å². The molecule has 1 aliphatic heterocycles. The van der Waals surface area contributed by atoms with Crippen LogP contribution in [0.25, 0.3) is 10.8 Å². The Bertz CT molecular complexity index is 901. The highest BCUT2D eigenvalue weighted by atomic mass is 16.2. The van der Waals surface area contributed by atoms with Crippen LogP contribution in [0, 0.1) is 0 Å². The fourth-order valence-corrected chi connectivity index (χ4v) is 3.37. The number of hydrogen-bond donors (Lipinski definition) is 3. The van der Waals surface area contributed by atoms with Gasteiger partial charge >= 0.3 is 6.03 Å². The van der Waals surface area contributed by atoms with Crippen molar-refractivity contribution in [1.29, 1.82) is 0 Å². The lowest BCUT2D eigenvalue weighted by atomic mass is 9.98. The quantitative estimate of drug-likeness (QED) is 0.667. The monoisotopic (exact) mass is 331 g/mol. The van der Waals surface area contributed by atoms with Crippen molar-refractivity contribution in [1.82, 2.24) is 5.32 Å². The number of benzene rings is 3. The molecule has 1 aliphatic rings. The van der Waals surface area contributed by atoms with Crippen molar-refractivity contribution in [3.63, 3.8) is 0 Å². The van der Waals surface area contributed by atoms with Gasteiger partial charge in [-0.3, -0.25) is 0 Å². The molecule has 3 aromatic rings. The van der Waals surface area contributed by atoms with Gasteiger partial charge < -0.3 is 16.0 Å². The van der Waals surface area contributed by atoms with E-state index in [1.165, 1.54) is 11.3 Å². The summed E-state index contributed by atoms with van der Waals surface area (Å²) < 4.78 is 0. The second-order valence-corrected chi connectivity index (χ2v) is 6.40. The van der Waals surface area contributed by atoms with E-state index in [0.29, 0.717) is 6.54 Å². The van der Waals surface area contributed by atoms with Gasteiger partial charge in [-0.25, -0.2) is 4.79 Å². The third kappa shape index (κ3) is 3.43. The molecule has 1 unspecified atom stereocenters. The number of urea groups is 1. The van der Waals surface area contributed by atoms with E-state index in [1.54, 1.807) is 0 Å². The average molecular weight is 331 g/mol. The minimum Gasteiger partial charge on any atom is -0.380 e. The molecule has 3 aromatic carbocycles. The highest BCUT2D eigenvalue weighted by Crippen LogP contribution is 2.24. The molecular formula is C21H21N3O. The van der Waals surface area contributed by atoms with Crippen LogP contribution in [0.3, 0.4) is 0 Å². The first-order valence-electron chi connectivity index (χ1n) is 8.67. The van der Waals surface area contributed by atoms with Crippen molar-refractivity contribution in [3.8, 4) is 0 Å². The molecule has 25 heavy (non-hydrogen) atoms. The number of carbonyl (C=O) groups excluding carboxylic acids is 1. The van der Waals surface area contributed by atoms with E-state index < -0.39 is 0 Å². The number of para-hydroxylation sites is 1. The summed E-state index contributed by atoms with van der Waals surface area (Å²) in [6.45, 7) is 0.602. The van der Waals surface area contributed by atoms with E-state index in [-0.39, 0.29) is 12.1 Å². The second kappa shape index (κ2) is 6.85. The summed E-state index contributed by atoms with van der Waals surface area (Å²) in [5, 5.41) is 11.6. The van der Waals surface area contributed by atoms with Gasteiger partial charge in [0.2, 0.25) is 0 Å². The van der Waals surface area contributed by atoms with Crippen LogP contribution in [-0.4, -0.2) is 18.6 Å². The van der Waals surface area contributed by atoms with Crippen LogP contribution in [0.4, 0.5) is 16.2 Å². The molecule has 1 heterocycles. The molecule has 0 saturated carbocycles. The molecule has 4 nitrogen and oxygen atoms in total. The maximum absolute atomic E-state index is 12.3. The molecule has 1 atom stereocenters. The lowest BCUT2D eigenvalue weighted by molar-refractivity contribution is 0.251. The van der Waals surface area contributed by atoms with E-state index in [1.807, 2.05) is 48.5 Å². The Morgan fingerprint density at radius 3 is 2.76 bits per heavy atom. The Balaban J connectivity index is 1.37. The Morgan fingerprint density at radius 2 is 1.80 bits per heavy atom. The summed E-state index contributed by atoms with van der Waals surface area (Å²) in [6, 6.07) is 22.4. The Labute approximate surface area is 147 Å². The van der Waals surface area contributed by atoms with Gasteiger partial charge in [0, 0.05) is 23.7 Å². The summed E-state index contributed by atoms with van der Waals surface area (Å²) in [5.41, 5.74) is 3.35. The van der Waals surface area contributed by atoms with Gasteiger partial charge in [0.15, 0.2) is 0 Å². The molecule has 0 bridgehead atoms. The van der Waals surface area contributed by atoms with Crippen molar-refractivity contribution in [2.24, 2.45) is 0 Å². The van der Waals surface area contributed by atoms with Crippen LogP contribution in [0.5, 0.6) is 0 Å². The molecule has 0 fully saturated rings. The van der Waals surface area contributed by atoms with Crippen LogP contribution in [-0.2, 0) is 6.42 Å². The molecule has 0 spiro atoms. The minimum absolute atomic E-state index is 0.169. The molecule has 4 heteroatoms. The van der Waals surface area contributed by atoms with Crippen LogP contribution in [0.15, 0.2) is 66.7 Å². The lowest BCUT2D eigenvalue weighted by Crippen LogP contribution is -2.40. The van der Waals surface area contributed by atoms with Gasteiger partial charge in [-0.1, -0.05) is 54.6 Å². The summed E-state index contributed by atoms with van der Waals surface area (Å²) in [6.07, 6.45) is 2.06. The van der Waals surface area contributed by atoms with E-state index in [4.69, 9.17) is 0 Å². The zero-order chi connectivity index (χ0) is 17.1. The van der Waals surface area contributed by atoms with Crippen LogP contribution in [0.2, 0.25) is 0 Å². The van der Waals surface area contributed by atoms with Crippen molar-refractivity contribution in [2.45, 2.75) is 18.9 Å². The number of fused-ring (bicyclic) bond motifs is 2. The second-order valence-electron chi connectivity index (χ2n) is 6.40. The van der Waals surface area contributed by atoms with E-state index in [0.717, 1.165) is 29.3 Å². The predicted octanol–water partition coefficient (Wildman–Crippen LogP) is 4.39. The number of aryl methyl sites for hydroxylation is 1. The molecular weight excluding hydrogens is 310 g/mol. The van der Waals surface area contributed by atoms with Crippen molar-refractivity contribution < 1.29 is 4.79 Å². The SMILES string of the molecule is O=C(NCC1CCc2ccccc2N1)Nc1cccc2ccccc12. The normalized spacial score (nSPS) is 15.9. The average Bonchev–Trinajstić information content (AvgIpc) is 2.66. The predicted molar refractivity (Wildman–Crippen MR) is 103 cm³/mol. The molecule has 0 saturated heterocycles. The first kappa shape index (κ1) is 15.5. The highest BCUT2D eigenvalue weighted by molar-refractivity contribution is 6.01. The molecule has 3 N–H and O–H groups in total. The lowest BCUT2D eigenvalue weighted by Gasteiger charge is -2.27. The van der Waals surface area contributed by atoms with Crippen molar-refractivity contribution >= 4 is 28.2 Å². The maximum atomic E-state index is 12.3. The van der Waals surface area contributed by atoms with Crippen LogP contribution in [0.1, 0.15) is 12.0 Å². The minimum atomic E-state index is -0.169. The van der Waals surface area contributed by atoms with Gasteiger partial charge in [0.1, 0.15) is 0 Å². The summed E-state index contributed by atoms with van der Waals surface area (Å²) in [7, 11) is 0. The smallest absolute Gasteiger partial charge is 0.319 e. The number of carbonyl (C=O) groups is 1.